The van der Waals surface area contributed by atoms with Crippen LogP contribution in [-0.2, 0) is 4.79 Å². The first-order valence-electron chi connectivity index (χ1n) is 3.66. The van der Waals surface area contributed by atoms with Gasteiger partial charge in [0.15, 0.2) is 0 Å². The van der Waals surface area contributed by atoms with Crippen LogP contribution >= 0.6 is 0 Å². The van der Waals surface area contributed by atoms with Gasteiger partial charge < -0.3 is 10.4 Å². The lowest BCUT2D eigenvalue weighted by atomic mass is 9.96. The van der Waals surface area contributed by atoms with Gasteiger partial charge in [0.1, 0.15) is 0 Å². The summed E-state index contributed by atoms with van der Waals surface area (Å²) >= 11 is 0. The Morgan fingerprint density at radius 2 is 2.30 bits per heavy atom. The zero-order chi connectivity index (χ0) is 7.56. The molecule has 1 rings (SSSR count). The highest BCUT2D eigenvalue weighted by Gasteiger charge is 2.22. The van der Waals surface area contributed by atoms with Crippen LogP contribution in [0.25, 0.3) is 0 Å². The van der Waals surface area contributed by atoms with E-state index in [0.717, 1.165) is 12.8 Å². The van der Waals surface area contributed by atoms with Crippen molar-refractivity contribution >= 4 is 5.97 Å². The Hall–Kier alpha value is -0.570. The van der Waals surface area contributed by atoms with Crippen LogP contribution in [0.5, 0.6) is 0 Å². The molecule has 3 heteroatoms. The summed E-state index contributed by atoms with van der Waals surface area (Å²) in [4.78, 5) is 10.4. The van der Waals surface area contributed by atoms with Crippen LogP contribution in [0.3, 0.4) is 0 Å². The van der Waals surface area contributed by atoms with Gasteiger partial charge in [-0.1, -0.05) is 0 Å². The van der Waals surface area contributed by atoms with Crippen molar-refractivity contribution in [2.24, 2.45) is 5.92 Å². The summed E-state index contributed by atoms with van der Waals surface area (Å²) in [5.74, 6) is -0.824. The Balaban J connectivity index is 2.33. The molecule has 1 fully saturated rings. The predicted octanol–water partition coefficient (Wildman–Crippen LogP) is 0.459. The van der Waals surface area contributed by atoms with Crippen molar-refractivity contribution < 1.29 is 9.90 Å². The zero-order valence-corrected chi connectivity index (χ0v) is 6.13. The second kappa shape index (κ2) is 3.01. The molecule has 0 amide bonds. The van der Waals surface area contributed by atoms with Gasteiger partial charge in [0.2, 0.25) is 0 Å². The Morgan fingerprint density at radius 3 is 2.70 bits per heavy atom. The molecule has 1 unspecified atom stereocenters. The highest BCUT2D eigenvalue weighted by molar-refractivity contribution is 5.70. The number of hydrogen-bond donors (Lipinski definition) is 2. The number of carboxylic acid groups (broad SMARTS) is 1. The number of piperidine rings is 1. The van der Waals surface area contributed by atoms with Crippen LogP contribution < -0.4 is 5.32 Å². The van der Waals surface area contributed by atoms with E-state index in [9.17, 15) is 4.79 Å². The van der Waals surface area contributed by atoms with Gasteiger partial charge in [-0.05, 0) is 19.8 Å². The van der Waals surface area contributed by atoms with Crippen LogP contribution in [0, 0.1) is 5.92 Å². The third-order valence-corrected chi connectivity index (χ3v) is 2.01. The number of rotatable bonds is 1. The predicted molar refractivity (Wildman–Crippen MR) is 37.8 cm³/mol. The summed E-state index contributed by atoms with van der Waals surface area (Å²) in [6, 6.07) is 0.496. The van der Waals surface area contributed by atoms with E-state index in [0.29, 0.717) is 12.6 Å². The fourth-order valence-electron chi connectivity index (χ4n) is 1.21. The summed E-state index contributed by atoms with van der Waals surface area (Å²) in [5.41, 5.74) is 0. The summed E-state index contributed by atoms with van der Waals surface area (Å²) in [6.45, 7) is 2.72. The van der Waals surface area contributed by atoms with E-state index < -0.39 is 5.97 Å². The molecule has 2 N–H and O–H groups in total. The minimum absolute atomic E-state index is 0.156. The van der Waals surface area contributed by atoms with Crippen molar-refractivity contribution in [1.29, 1.82) is 0 Å². The van der Waals surface area contributed by atoms with Crippen molar-refractivity contribution in [3.05, 3.63) is 0 Å². The molecule has 1 aliphatic rings. The van der Waals surface area contributed by atoms with E-state index in [4.69, 9.17) is 5.11 Å². The fraction of sp³-hybridized carbons (Fsp3) is 0.857. The number of nitrogens with one attached hydrogen (secondary N) is 1. The molecule has 10 heavy (non-hydrogen) atoms. The molecule has 1 heterocycles. The van der Waals surface area contributed by atoms with Crippen molar-refractivity contribution in [2.45, 2.75) is 25.8 Å². The van der Waals surface area contributed by atoms with Crippen molar-refractivity contribution in [1.82, 2.24) is 5.32 Å². The van der Waals surface area contributed by atoms with Crippen molar-refractivity contribution in [3.8, 4) is 0 Å². The van der Waals surface area contributed by atoms with E-state index in [1.54, 1.807) is 0 Å². The molecule has 2 atom stereocenters. The minimum atomic E-state index is -0.667. The molecule has 0 radical (unpaired) electrons. The molecule has 0 aliphatic carbocycles. The van der Waals surface area contributed by atoms with Crippen molar-refractivity contribution in [2.75, 3.05) is 6.54 Å². The average molecular weight is 143 g/mol. The number of hydrogen-bond acceptors (Lipinski definition) is 2. The van der Waals surface area contributed by atoms with E-state index in [2.05, 4.69) is 12.2 Å². The quantitative estimate of drug-likeness (QED) is 0.560. The Morgan fingerprint density at radius 1 is 1.60 bits per heavy atom. The molecule has 0 spiro atoms. The molecule has 0 aromatic carbocycles. The largest absolute Gasteiger partial charge is 0.481 e. The first kappa shape index (κ1) is 7.54. The van der Waals surface area contributed by atoms with Crippen LogP contribution in [0.1, 0.15) is 19.8 Å². The first-order chi connectivity index (χ1) is 4.70. The summed E-state index contributed by atoms with van der Waals surface area (Å²) in [6.07, 6.45) is 1.81. The van der Waals surface area contributed by atoms with E-state index in [-0.39, 0.29) is 5.92 Å². The van der Waals surface area contributed by atoms with E-state index in [1.165, 1.54) is 0 Å². The van der Waals surface area contributed by atoms with Crippen LogP contribution in [-0.4, -0.2) is 23.7 Å². The molecular weight excluding hydrogens is 130 g/mol. The highest BCUT2D eigenvalue weighted by Crippen LogP contribution is 2.13. The molecule has 1 saturated heterocycles. The normalized spacial score (nSPS) is 33.7. The van der Waals surface area contributed by atoms with Gasteiger partial charge in [0, 0.05) is 12.6 Å². The Bertz CT molecular complexity index is 128. The molecule has 58 valence electrons. The van der Waals surface area contributed by atoms with Gasteiger partial charge >= 0.3 is 5.97 Å². The van der Waals surface area contributed by atoms with Gasteiger partial charge in [-0.25, -0.2) is 0 Å². The third kappa shape index (κ3) is 1.70. The molecule has 1 aliphatic heterocycles. The average Bonchev–Trinajstić information content (AvgIpc) is 1.88. The van der Waals surface area contributed by atoms with Crippen LogP contribution in [0.2, 0.25) is 0 Å². The molecule has 3 nitrogen and oxygen atoms in total. The van der Waals surface area contributed by atoms with E-state index >= 15 is 0 Å². The number of carboxylic acids is 1. The van der Waals surface area contributed by atoms with Gasteiger partial charge in [0.05, 0.1) is 5.92 Å². The second-order valence-electron chi connectivity index (χ2n) is 2.92. The molecule has 0 bridgehead atoms. The van der Waals surface area contributed by atoms with E-state index in [1.807, 2.05) is 0 Å². The zero-order valence-electron chi connectivity index (χ0n) is 6.13. The molecule has 0 saturated carbocycles. The van der Waals surface area contributed by atoms with Gasteiger partial charge in [-0.2, -0.15) is 0 Å². The standard InChI is InChI=1S/C7H13NO2/c1-5-2-3-6(4-8-5)7(9)10/h5-6,8H,2-4H2,1H3,(H,9,10)/t5?,6-/m0/s1. The number of aliphatic carboxylic acids is 1. The molecule has 0 aromatic rings. The molecule has 0 aromatic heterocycles. The second-order valence-corrected chi connectivity index (χ2v) is 2.92. The lowest BCUT2D eigenvalue weighted by Crippen LogP contribution is -2.39. The topological polar surface area (TPSA) is 49.3 Å². The Kier molecular flexibility index (Phi) is 2.27. The maximum absolute atomic E-state index is 10.4. The summed E-state index contributed by atoms with van der Waals surface area (Å²) in [5, 5.41) is 11.7. The maximum atomic E-state index is 10.4. The SMILES string of the molecule is CC1CC[C@H](C(=O)O)CN1. The monoisotopic (exact) mass is 143 g/mol. The smallest absolute Gasteiger partial charge is 0.307 e. The van der Waals surface area contributed by atoms with Gasteiger partial charge in [-0.3, -0.25) is 4.79 Å². The summed E-state index contributed by atoms with van der Waals surface area (Å²) < 4.78 is 0. The van der Waals surface area contributed by atoms with Crippen LogP contribution in [0.15, 0.2) is 0 Å². The molecular formula is C7H13NO2. The Labute approximate surface area is 60.4 Å². The lowest BCUT2D eigenvalue weighted by molar-refractivity contribution is -0.142. The van der Waals surface area contributed by atoms with Crippen LogP contribution in [0.4, 0.5) is 0 Å². The van der Waals surface area contributed by atoms with Gasteiger partial charge in [-0.15, -0.1) is 0 Å². The van der Waals surface area contributed by atoms with Gasteiger partial charge in [0.25, 0.3) is 0 Å². The lowest BCUT2D eigenvalue weighted by Gasteiger charge is -2.24. The van der Waals surface area contributed by atoms with Crippen molar-refractivity contribution in [3.63, 3.8) is 0 Å². The highest BCUT2D eigenvalue weighted by atomic mass is 16.4. The first-order valence-corrected chi connectivity index (χ1v) is 3.66. The fourth-order valence-corrected chi connectivity index (χ4v) is 1.21. The number of carbonyl (C=O) groups is 1. The summed E-state index contributed by atoms with van der Waals surface area (Å²) in [7, 11) is 0. The third-order valence-electron chi connectivity index (χ3n) is 2.01. The maximum Gasteiger partial charge on any atom is 0.307 e. The minimum Gasteiger partial charge on any atom is -0.481 e.